The third-order valence-electron chi connectivity index (χ3n) is 5.76. The van der Waals surface area contributed by atoms with Gasteiger partial charge in [0, 0.05) is 29.9 Å². The summed E-state index contributed by atoms with van der Waals surface area (Å²) in [7, 11) is 0. The summed E-state index contributed by atoms with van der Waals surface area (Å²) in [5, 5.41) is 12.2. The first kappa shape index (κ1) is 27.5. The molecule has 2 aliphatic rings. The Morgan fingerprint density at radius 3 is 2.59 bits per heavy atom. The average molecular weight is 555 g/mol. The van der Waals surface area contributed by atoms with E-state index in [0.717, 1.165) is 10.5 Å². The summed E-state index contributed by atoms with van der Waals surface area (Å²) in [6, 6.07) is 12.6. The lowest BCUT2D eigenvalue weighted by atomic mass is 10.2. The van der Waals surface area contributed by atoms with Crippen molar-refractivity contribution in [1.29, 1.82) is 0 Å². The molecule has 1 unspecified atom stereocenters. The zero-order chi connectivity index (χ0) is 27.8. The van der Waals surface area contributed by atoms with Crippen LogP contribution in [0.4, 0.5) is 15.3 Å². The summed E-state index contributed by atoms with van der Waals surface area (Å²) in [5.74, 6) is 0.674. The number of hydrogen-bond donors (Lipinski definition) is 3. The predicted molar refractivity (Wildman–Crippen MR) is 143 cm³/mol. The number of dihydropyridines is 1. The molecule has 1 fully saturated rings. The molecule has 2 aromatic carbocycles. The molecule has 0 spiro atoms. The molecule has 2 aliphatic heterocycles. The minimum absolute atomic E-state index is 0.118. The van der Waals surface area contributed by atoms with E-state index in [1.807, 2.05) is 0 Å². The van der Waals surface area contributed by atoms with Crippen LogP contribution in [-0.4, -0.2) is 53.8 Å². The largest absolute Gasteiger partial charge is 0.466 e. The average Bonchev–Trinajstić information content (AvgIpc) is 2.93. The van der Waals surface area contributed by atoms with Crippen LogP contribution in [0, 0.1) is 4.91 Å². The molecule has 1 saturated heterocycles. The van der Waals surface area contributed by atoms with E-state index in [-0.39, 0.29) is 31.9 Å². The van der Waals surface area contributed by atoms with Gasteiger partial charge in [0.15, 0.2) is 12.1 Å². The van der Waals surface area contributed by atoms with Crippen LogP contribution >= 0.6 is 11.6 Å². The van der Waals surface area contributed by atoms with E-state index in [4.69, 9.17) is 21.1 Å². The molecule has 3 N–H and O–H groups in total. The number of allylic oxidation sites excluding steroid dienone is 1. The van der Waals surface area contributed by atoms with Crippen LogP contribution in [-0.2, 0) is 16.1 Å². The highest BCUT2D eigenvalue weighted by molar-refractivity contribution is 6.30. The molecular formula is C26H27ClN6O6. The fourth-order valence-electron chi connectivity index (χ4n) is 3.86. The second-order valence-corrected chi connectivity index (χ2v) is 8.91. The minimum atomic E-state index is -0.887. The van der Waals surface area contributed by atoms with Gasteiger partial charge in [-0.1, -0.05) is 23.7 Å². The number of rotatable bonds is 11. The van der Waals surface area contributed by atoms with E-state index in [1.54, 1.807) is 61.5 Å². The Morgan fingerprint density at radius 2 is 1.90 bits per heavy atom. The number of amides is 4. The zero-order valence-electron chi connectivity index (χ0n) is 21.1. The number of benzene rings is 2. The normalized spacial score (nSPS) is 16.9. The number of ether oxygens (including phenoxy) is 2. The van der Waals surface area contributed by atoms with Crippen LogP contribution in [0.15, 0.2) is 77.4 Å². The third-order valence-corrected chi connectivity index (χ3v) is 6.01. The van der Waals surface area contributed by atoms with E-state index >= 15 is 0 Å². The molecule has 1 atom stereocenters. The minimum Gasteiger partial charge on any atom is -0.466 e. The molecule has 39 heavy (non-hydrogen) atoms. The quantitative estimate of drug-likeness (QED) is 0.278. The van der Waals surface area contributed by atoms with Gasteiger partial charge in [-0.2, -0.15) is 0 Å². The highest BCUT2D eigenvalue weighted by atomic mass is 35.5. The fraction of sp³-hybridized carbons (Fsp3) is 0.269. The molecule has 0 aliphatic carbocycles. The number of halogens is 1. The lowest BCUT2D eigenvalue weighted by Crippen LogP contribution is -2.67. The summed E-state index contributed by atoms with van der Waals surface area (Å²) in [4.78, 5) is 51.2. The number of carbonyl (C=O) groups excluding carboxylic acids is 3. The lowest BCUT2D eigenvalue weighted by Gasteiger charge is -2.41. The molecule has 0 saturated carbocycles. The van der Waals surface area contributed by atoms with Crippen molar-refractivity contribution in [3.05, 3.63) is 87.8 Å². The van der Waals surface area contributed by atoms with Gasteiger partial charge in [-0.15, -0.1) is 4.91 Å². The smallest absolute Gasteiger partial charge is 0.331 e. The second-order valence-electron chi connectivity index (χ2n) is 8.47. The maximum absolute atomic E-state index is 13.4. The van der Waals surface area contributed by atoms with Gasteiger partial charge in [-0.05, 0) is 60.1 Å². The molecular weight excluding hydrogens is 528 g/mol. The predicted octanol–water partition coefficient (Wildman–Crippen LogP) is 4.11. The van der Waals surface area contributed by atoms with Crippen molar-refractivity contribution in [2.24, 2.45) is 5.18 Å². The van der Waals surface area contributed by atoms with Gasteiger partial charge in [0.1, 0.15) is 11.5 Å². The molecule has 12 nitrogen and oxygen atoms in total. The number of nitrogens with one attached hydrogen (secondary N) is 3. The number of anilines is 1. The molecule has 2 aromatic rings. The number of nitroso groups, excluding NO2 is 1. The second kappa shape index (κ2) is 12.8. The summed E-state index contributed by atoms with van der Waals surface area (Å²) >= 11 is 6.01. The molecule has 13 heteroatoms. The van der Waals surface area contributed by atoms with E-state index in [2.05, 4.69) is 21.1 Å². The lowest BCUT2D eigenvalue weighted by molar-refractivity contribution is -0.143. The Morgan fingerprint density at radius 1 is 1.15 bits per heavy atom. The van der Waals surface area contributed by atoms with E-state index in [1.165, 1.54) is 11.0 Å². The van der Waals surface area contributed by atoms with Crippen molar-refractivity contribution in [3.63, 3.8) is 0 Å². The summed E-state index contributed by atoms with van der Waals surface area (Å²) < 4.78 is 10.7. The van der Waals surface area contributed by atoms with Crippen LogP contribution in [0.2, 0.25) is 5.02 Å². The molecule has 204 valence electrons. The van der Waals surface area contributed by atoms with Gasteiger partial charge in [0.05, 0.1) is 19.6 Å². The number of esters is 1. The molecule has 4 rings (SSSR count). The standard InChI is InChI=1S/C26H27ClN6O6/c1-2-38-23(34)12-14-32-25(35)30-24(33(26(32)36)16-17-3-5-18(27)6-4-17)29-19-7-9-20(10-8-19)39-21-11-13-28-22(15-21)31-37/h3-11,15,24,28-29H,2,12-14,16H2,1H3,(H,30,35). The SMILES string of the molecule is CCOC(=O)CCN1C(=O)NC(Nc2ccc(OC3=CCNC(N=O)=C3)cc2)N(Cc2ccc(Cl)cc2)C1=O. The van der Waals surface area contributed by atoms with Crippen LogP contribution in [0.3, 0.4) is 0 Å². The Kier molecular flexibility index (Phi) is 9.00. The molecule has 0 aromatic heterocycles. The van der Waals surface area contributed by atoms with Crippen molar-refractivity contribution in [1.82, 2.24) is 20.4 Å². The summed E-state index contributed by atoms with van der Waals surface area (Å²) in [6.07, 6.45) is 2.26. The van der Waals surface area contributed by atoms with Gasteiger partial charge >= 0.3 is 18.0 Å². The summed E-state index contributed by atoms with van der Waals surface area (Å²) in [5.41, 5.74) is 1.39. The van der Waals surface area contributed by atoms with Crippen molar-refractivity contribution < 1.29 is 23.9 Å². The van der Waals surface area contributed by atoms with Crippen molar-refractivity contribution >= 4 is 35.3 Å². The number of urea groups is 2. The third kappa shape index (κ3) is 7.26. The first-order chi connectivity index (χ1) is 18.9. The zero-order valence-corrected chi connectivity index (χ0v) is 21.8. The number of nitrogens with zero attached hydrogens (tertiary/aromatic N) is 3. The van der Waals surface area contributed by atoms with Gasteiger partial charge in [0.25, 0.3) is 0 Å². The van der Waals surface area contributed by atoms with Gasteiger partial charge in [0.2, 0.25) is 0 Å². The van der Waals surface area contributed by atoms with Crippen LogP contribution in [0.25, 0.3) is 0 Å². The first-order valence-electron chi connectivity index (χ1n) is 12.2. The van der Waals surface area contributed by atoms with Crippen molar-refractivity contribution in [2.45, 2.75) is 26.2 Å². The Bertz CT molecular complexity index is 1280. The molecule has 0 radical (unpaired) electrons. The number of hydrogen-bond acceptors (Lipinski definition) is 9. The highest BCUT2D eigenvalue weighted by Crippen LogP contribution is 2.23. The van der Waals surface area contributed by atoms with Gasteiger partial charge < -0.3 is 20.1 Å². The highest BCUT2D eigenvalue weighted by Gasteiger charge is 2.38. The van der Waals surface area contributed by atoms with Crippen molar-refractivity contribution in [3.8, 4) is 5.75 Å². The maximum Gasteiger partial charge on any atom is 0.331 e. The Hall–Kier alpha value is -4.58. The van der Waals surface area contributed by atoms with Crippen LogP contribution in [0.1, 0.15) is 18.9 Å². The van der Waals surface area contributed by atoms with Gasteiger partial charge in [-0.3, -0.25) is 15.0 Å². The Labute approximate surface area is 229 Å². The van der Waals surface area contributed by atoms with E-state index in [9.17, 15) is 19.3 Å². The molecule has 0 bridgehead atoms. The first-order valence-corrected chi connectivity index (χ1v) is 12.6. The topological polar surface area (TPSA) is 142 Å². The molecule has 4 amide bonds. The maximum atomic E-state index is 13.4. The fourth-order valence-corrected chi connectivity index (χ4v) is 3.99. The number of carbonyl (C=O) groups is 3. The Balaban J connectivity index is 1.48. The monoisotopic (exact) mass is 554 g/mol. The summed E-state index contributed by atoms with van der Waals surface area (Å²) in [6.45, 7) is 2.34. The van der Waals surface area contributed by atoms with Crippen LogP contribution in [0.5, 0.6) is 5.75 Å². The van der Waals surface area contributed by atoms with Crippen molar-refractivity contribution in [2.75, 3.05) is 25.0 Å². The molecule has 2 heterocycles. The van der Waals surface area contributed by atoms with Crippen LogP contribution < -0.4 is 20.7 Å². The number of imide groups is 1. The van der Waals surface area contributed by atoms with E-state index < -0.39 is 24.3 Å². The van der Waals surface area contributed by atoms with E-state index in [0.29, 0.717) is 28.8 Å². The van der Waals surface area contributed by atoms with Gasteiger partial charge in [-0.25, -0.2) is 14.5 Å².